The number of carbonyl (C=O) groups is 1. The Labute approximate surface area is 168 Å². The standard InChI is InChI=1S/C20H21FN2O2S.ClH/c1-13(2)23(20(24)15-9-17(10-22)25-12-15)11-18-7-8-19(26-18)14-3-5-16(21)6-4-14;/h3-9,12-13H,10-11,22H2,1-2H3;1H. The molecule has 7 heteroatoms. The number of benzene rings is 1. The molecule has 1 amide bonds. The van der Waals surface area contributed by atoms with Crippen LogP contribution in [-0.2, 0) is 13.1 Å². The molecule has 3 aromatic rings. The third kappa shape index (κ3) is 4.97. The van der Waals surface area contributed by atoms with E-state index in [1.807, 2.05) is 26.0 Å². The summed E-state index contributed by atoms with van der Waals surface area (Å²) < 4.78 is 18.4. The highest BCUT2D eigenvalue weighted by Gasteiger charge is 2.21. The minimum absolute atomic E-state index is 0. The van der Waals surface area contributed by atoms with Gasteiger partial charge in [0, 0.05) is 15.8 Å². The van der Waals surface area contributed by atoms with Gasteiger partial charge in [-0.15, -0.1) is 23.7 Å². The minimum Gasteiger partial charge on any atom is -0.467 e. The number of amides is 1. The van der Waals surface area contributed by atoms with Crippen molar-refractivity contribution in [2.24, 2.45) is 5.73 Å². The SMILES string of the molecule is CC(C)N(Cc1ccc(-c2ccc(F)cc2)s1)C(=O)c1coc(CN)c1.Cl. The fourth-order valence-corrected chi connectivity index (χ4v) is 3.67. The average Bonchev–Trinajstić information content (AvgIpc) is 3.29. The van der Waals surface area contributed by atoms with Crippen LogP contribution in [0.3, 0.4) is 0 Å². The number of hydrogen-bond donors (Lipinski definition) is 1. The van der Waals surface area contributed by atoms with Crippen molar-refractivity contribution in [2.45, 2.75) is 33.0 Å². The summed E-state index contributed by atoms with van der Waals surface area (Å²) in [6.45, 7) is 4.74. The quantitative estimate of drug-likeness (QED) is 0.618. The van der Waals surface area contributed by atoms with Crippen molar-refractivity contribution < 1.29 is 13.6 Å². The topological polar surface area (TPSA) is 59.5 Å². The molecule has 0 fully saturated rings. The second kappa shape index (κ2) is 9.17. The molecule has 0 spiro atoms. The molecule has 2 aromatic heterocycles. The molecule has 0 bridgehead atoms. The highest BCUT2D eigenvalue weighted by Crippen LogP contribution is 2.29. The van der Waals surface area contributed by atoms with E-state index in [0.717, 1.165) is 15.3 Å². The first-order chi connectivity index (χ1) is 12.5. The molecule has 3 rings (SSSR count). The molecule has 0 unspecified atom stereocenters. The van der Waals surface area contributed by atoms with E-state index in [9.17, 15) is 9.18 Å². The maximum absolute atomic E-state index is 13.1. The summed E-state index contributed by atoms with van der Waals surface area (Å²) in [6, 6.07) is 12.2. The molecule has 144 valence electrons. The van der Waals surface area contributed by atoms with E-state index in [-0.39, 0.29) is 36.7 Å². The maximum atomic E-state index is 13.1. The van der Waals surface area contributed by atoms with E-state index < -0.39 is 0 Å². The van der Waals surface area contributed by atoms with Gasteiger partial charge in [0.25, 0.3) is 5.91 Å². The Kier molecular flexibility index (Phi) is 7.18. The number of hydrogen-bond acceptors (Lipinski definition) is 4. The predicted octanol–water partition coefficient (Wildman–Crippen LogP) is 5.08. The molecule has 4 nitrogen and oxygen atoms in total. The zero-order valence-corrected chi connectivity index (χ0v) is 16.8. The molecule has 0 aliphatic heterocycles. The zero-order valence-electron chi connectivity index (χ0n) is 15.1. The van der Waals surface area contributed by atoms with E-state index in [4.69, 9.17) is 10.2 Å². The number of nitrogens with zero attached hydrogens (tertiary/aromatic N) is 1. The first-order valence-electron chi connectivity index (χ1n) is 8.41. The number of furan rings is 1. The fraction of sp³-hybridized carbons (Fsp3) is 0.250. The van der Waals surface area contributed by atoms with Crippen LogP contribution in [0.25, 0.3) is 10.4 Å². The Balaban J connectivity index is 0.00000261. The van der Waals surface area contributed by atoms with Crippen LogP contribution in [0.1, 0.15) is 34.8 Å². The Hall–Kier alpha value is -2.15. The van der Waals surface area contributed by atoms with Gasteiger partial charge in [0.15, 0.2) is 0 Å². The van der Waals surface area contributed by atoms with Crippen molar-refractivity contribution in [1.29, 1.82) is 0 Å². The van der Waals surface area contributed by atoms with Crippen molar-refractivity contribution in [3.63, 3.8) is 0 Å². The average molecular weight is 409 g/mol. The zero-order chi connectivity index (χ0) is 18.7. The molecular formula is C20H22ClFN2O2S. The Morgan fingerprint density at radius 3 is 2.52 bits per heavy atom. The number of thiophene rings is 1. The van der Waals surface area contributed by atoms with Crippen molar-refractivity contribution >= 4 is 29.7 Å². The lowest BCUT2D eigenvalue weighted by atomic mass is 10.2. The lowest BCUT2D eigenvalue weighted by molar-refractivity contribution is 0.0691. The molecule has 0 aliphatic carbocycles. The van der Waals surface area contributed by atoms with Crippen LogP contribution < -0.4 is 5.73 Å². The number of rotatable bonds is 6. The second-order valence-corrected chi connectivity index (χ2v) is 7.47. The summed E-state index contributed by atoms with van der Waals surface area (Å²) >= 11 is 1.60. The minimum atomic E-state index is -0.251. The van der Waals surface area contributed by atoms with E-state index >= 15 is 0 Å². The van der Waals surface area contributed by atoms with Gasteiger partial charge in [0.2, 0.25) is 0 Å². The van der Waals surface area contributed by atoms with Crippen LogP contribution in [0.4, 0.5) is 4.39 Å². The van der Waals surface area contributed by atoms with Crippen molar-refractivity contribution in [2.75, 3.05) is 0 Å². The second-order valence-electron chi connectivity index (χ2n) is 6.31. The summed E-state index contributed by atoms with van der Waals surface area (Å²) in [4.78, 5) is 16.7. The highest BCUT2D eigenvalue weighted by atomic mass is 35.5. The lowest BCUT2D eigenvalue weighted by Gasteiger charge is -2.25. The molecular weight excluding hydrogens is 387 g/mol. The Morgan fingerprint density at radius 1 is 1.22 bits per heavy atom. The molecule has 27 heavy (non-hydrogen) atoms. The lowest BCUT2D eigenvalue weighted by Crippen LogP contribution is -2.35. The van der Waals surface area contributed by atoms with Crippen molar-refractivity contribution in [1.82, 2.24) is 4.90 Å². The summed E-state index contributed by atoms with van der Waals surface area (Å²) in [5.74, 6) is 0.256. The summed E-state index contributed by atoms with van der Waals surface area (Å²) in [5, 5.41) is 0. The molecule has 0 radical (unpaired) electrons. The third-order valence-corrected chi connectivity index (χ3v) is 5.22. The molecule has 0 saturated carbocycles. The van der Waals surface area contributed by atoms with Gasteiger partial charge >= 0.3 is 0 Å². The normalized spacial score (nSPS) is 10.7. The van der Waals surface area contributed by atoms with Crippen LogP contribution in [0.2, 0.25) is 0 Å². The van der Waals surface area contributed by atoms with Gasteiger partial charge < -0.3 is 15.1 Å². The molecule has 2 heterocycles. The van der Waals surface area contributed by atoms with E-state index in [0.29, 0.717) is 17.9 Å². The molecule has 0 saturated heterocycles. The number of halogens is 2. The van der Waals surface area contributed by atoms with Gasteiger partial charge in [-0.2, -0.15) is 0 Å². The van der Waals surface area contributed by atoms with Crippen LogP contribution >= 0.6 is 23.7 Å². The Bertz CT molecular complexity index is 890. The summed E-state index contributed by atoms with van der Waals surface area (Å²) in [7, 11) is 0. The van der Waals surface area contributed by atoms with E-state index in [2.05, 4.69) is 0 Å². The molecule has 2 N–H and O–H groups in total. The van der Waals surface area contributed by atoms with Crippen molar-refractivity contribution in [3.05, 3.63) is 70.7 Å². The summed E-state index contributed by atoms with van der Waals surface area (Å²) in [6.07, 6.45) is 1.46. The van der Waals surface area contributed by atoms with E-state index in [1.165, 1.54) is 18.4 Å². The van der Waals surface area contributed by atoms with Gasteiger partial charge in [-0.3, -0.25) is 4.79 Å². The predicted molar refractivity (Wildman–Crippen MR) is 109 cm³/mol. The van der Waals surface area contributed by atoms with Crippen LogP contribution in [0.15, 0.2) is 53.1 Å². The highest BCUT2D eigenvalue weighted by molar-refractivity contribution is 7.15. The largest absolute Gasteiger partial charge is 0.467 e. The first kappa shape index (κ1) is 21.2. The smallest absolute Gasteiger partial charge is 0.257 e. The monoisotopic (exact) mass is 408 g/mol. The Morgan fingerprint density at radius 2 is 1.93 bits per heavy atom. The molecule has 1 aromatic carbocycles. The number of nitrogens with two attached hydrogens (primary N) is 1. The van der Waals surface area contributed by atoms with Crippen LogP contribution in [-0.4, -0.2) is 16.8 Å². The fourth-order valence-electron chi connectivity index (χ4n) is 2.65. The van der Waals surface area contributed by atoms with Gasteiger partial charge in [0.05, 0.1) is 18.7 Å². The van der Waals surface area contributed by atoms with Gasteiger partial charge in [0.1, 0.15) is 17.8 Å². The van der Waals surface area contributed by atoms with Gasteiger partial charge in [-0.25, -0.2) is 4.39 Å². The van der Waals surface area contributed by atoms with Gasteiger partial charge in [-0.1, -0.05) is 12.1 Å². The van der Waals surface area contributed by atoms with E-state index in [1.54, 1.807) is 34.4 Å². The molecule has 0 atom stereocenters. The maximum Gasteiger partial charge on any atom is 0.257 e. The van der Waals surface area contributed by atoms with Gasteiger partial charge in [-0.05, 0) is 49.7 Å². The molecule has 0 aliphatic rings. The van der Waals surface area contributed by atoms with Crippen molar-refractivity contribution in [3.8, 4) is 10.4 Å². The van der Waals surface area contributed by atoms with Crippen LogP contribution in [0.5, 0.6) is 0 Å². The third-order valence-electron chi connectivity index (χ3n) is 4.10. The van der Waals surface area contributed by atoms with Crippen LogP contribution in [0, 0.1) is 5.82 Å². The first-order valence-corrected chi connectivity index (χ1v) is 9.22. The number of carbonyl (C=O) groups excluding carboxylic acids is 1. The summed E-state index contributed by atoms with van der Waals surface area (Å²) in [5.41, 5.74) is 7.02.